The Morgan fingerprint density at radius 3 is 2.69 bits per heavy atom. The molecular weight excluding hydrogens is 405 g/mol. The summed E-state index contributed by atoms with van der Waals surface area (Å²) in [5.41, 5.74) is 4.19. The van der Waals surface area contributed by atoms with Crippen LogP contribution in [0.5, 0.6) is 0 Å². The molecule has 1 atom stereocenters. The number of carbonyl (C=O) groups excluding carboxylic acids is 1. The second-order valence-corrected chi connectivity index (χ2v) is 8.55. The lowest BCUT2D eigenvalue weighted by Crippen LogP contribution is -2.39. The molecule has 1 fully saturated rings. The van der Waals surface area contributed by atoms with Crippen molar-refractivity contribution in [2.75, 3.05) is 32.1 Å². The van der Waals surface area contributed by atoms with E-state index in [4.69, 9.17) is 0 Å². The van der Waals surface area contributed by atoms with E-state index < -0.39 is 0 Å². The maximum Gasteiger partial charge on any atom is 0.257 e. The van der Waals surface area contributed by atoms with Crippen molar-refractivity contribution in [3.63, 3.8) is 0 Å². The van der Waals surface area contributed by atoms with Crippen molar-refractivity contribution < 1.29 is 9.18 Å². The first-order valence-corrected chi connectivity index (χ1v) is 10.9. The molecule has 0 radical (unpaired) electrons. The molecule has 0 aliphatic carbocycles. The van der Waals surface area contributed by atoms with Crippen LogP contribution in [0, 0.1) is 12.7 Å². The molecule has 1 aliphatic rings. The van der Waals surface area contributed by atoms with Gasteiger partial charge in [-0.3, -0.25) is 9.78 Å². The molecule has 2 aromatic heterocycles. The largest absolute Gasteiger partial charge is 0.347 e. The van der Waals surface area contributed by atoms with Gasteiger partial charge in [0, 0.05) is 51.2 Å². The highest BCUT2D eigenvalue weighted by Crippen LogP contribution is 2.27. The van der Waals surface area contributed by atoms with E-state index in [9.17, 15) is 9.18 Å². The maximum absolute atomic E-state index is 13.4. The number of piperidine rings is 1. The highest BCUT2D eigenvalue weighted by Gasteiger charge is 2.27. The summed E-state index contributed by atoms with van der Waals surface area (Å²) in [7, 11) is 3.75. The molecule has 0 bridgehead atoms. The number of benzene rings is 1. The number of likely N-dealkylation sites (tertiary alicyclic amines) is 1. The van der Waals surface area contributed by atoms with Gasteiger partial charge in [0.05, 0.1) is 11.3 Å². The molecule has 3 aromatic rings. The van der Waals surface area contributed by atoms with E-state index in [0.717, 1.165) is 36.2 Å². The van der Waals surface area contributed by atoms with Crippen molar-refractivity contribution >= 4 is 11.9 Å². The quantitative estimate of drug-likeness (QED) is 0.609. The van der Waals surface area contributed by atoms with E-state index in [2.05, 4.69) is 15.0 Å². The Kier molecular flexibility index (Phi) is 6.44. The number of carbonyl (C=O) groups is 1. The molecule has 0 saturated carbocycles. The minimum atomic E-state index is -0.226. The number of aromatic nitrogens is 3. The van der Waals surface area contributed by atoms with E-state index in [1.165, 1.54) is 6.07 Å². The topological polar surface area (TPSA) is 62.2 Å². The van der Waals surface area contributed by atoms with Gasteiger partial charge in [-0.25, -0.2) is 14.4 Å². The molecule has 166 valence electrons. The van der Waals surface area contributed by atoms with E-state index >= 15 is 0 Å². The minimum Gasteiger partial charge on any atom is -0.347 e. The molecule has 1 aromatic carbocycles. The summed E-state index contributed by atoms with van der Waals surface area (Å²) < 4.78 is 13.4. The molecule has 0 unspecified atom stereocenters. The molecule has 1 saturated heterocycles. The summed E-state index contributed by atoms with van der Waals surface area (Å²) in [4.78, 5) is 30.3. The minimum absolute atomic E-state index is 0.0276. The second kappa shape index (κ2) is 9.42. The molecule has 1 amide bonds. The Morgan fingerprint density at radius 1 is 1.16 bits per heavy atom. The predicted molar refractivity (Wildman–Crippen MR) is 122 cm³/mol. The van der Waals surface area contributed by atoms with E-state index in [0.29, 0.717) is 30.2 Å². The van der Waals surface area contributed by atoms with Crippen LogP contribution in [-0.2, 0) is 6.42 Å². The first kappa shape index (κ1) is 21.9. The number of hydrogen-bond acceptors (Lipinski definition) is 5. The Balaban J connectivity index is 1.44. The lowest BCUT2D eigenvalue weighted by Gasteiger charge is -2.32. The third-order valence-corrected chi connectivity index (χ3v) is 5.87. The number of rotatable bonds is 5. The molecule has 6 nitrogen and oxygen atoms in total. The highest BCUT2D eigenvalue weighted by molar-refractivity contribution is 5.95. The van der Waals surface area contributed by atoms with Crippen LogP contribution in [0.4, 0.5) is 10.3 Å². The van der Waals surface area contributed by atoms with Gasteiger partial charge in [0.15, 0.2) is 0 Å². The van der Waals surface area contributed by atoms with Crippen molar-refractivity contribution in [1.29, 1.82) is 0 Å². The fourth-order valence-electron chi connectivity index (χ4n) is 4.12. The zero-order chi connectivity index (χ0) is 22.7. The first-order chi connectivity index (χ1) is 15.4. The number of anilines is 1. The van der Waals surface area contributed by atoms with Crippen LogP contribution >= 0.6 is 0 Å². The van der Waals surface area contributed by atoms with Gasteiger partial charge in [-0.2, -0.15) is 0 Å². The van der Waals surface area contributed by atoms with Crippen LogP contribution < -0.4 is 4.90 Å². The van der Waals surface area contributed by atoms with Gasteiger partial charge in [-0.1, -0.05) is 18.2 Å². The van der Waals surface area contributed by atoms with Crippen LogP contribution in [0.3, 0.4) is 0 Å². The van der Waals surface area contributed by atoms with Crippen LogP contribution in [0.15, 0.2) is 48.8 Å². The van der Waals surface area contributed by atoms with Crippen molar-refractivity contribution in [3.05, 3.63) is 82.7 Å². The molecule has 0 N–H and O–H groups in total. The average molecular weight is 434 g/mol. The van der Waals surface area contributed by atoms with Gasteiger partial charge in [-0.05, 0) is 55.5 Å². The fourth-order valence-corrected chi connectivity index (χ4v) is 4.12. The highest BCUT2D eigenvalue weighted by atomic mass is 19.1. The molecule has 4 rings (SSSR count). The lowest BCUT2D eigenvalue weighted by atomic mass is 9.93. The zero-order valence-electron chi connectivity index (χ0n) is 18.8. The summed E-state index contributed by atoms with van der Waals surface area (Å²) >= 11 is 0. The molecule has 0 spiro atoms. The number of pyridine rings is 1. The molecule has 32 heavy (non-hydrogen) atoms. The van der Waals surface area contributed by atoms with E-state index in [1.807, 2.05) is 55.2 Å². The van der Waals surface area contributed by atoms with Crippen LogP contribution in [0.25, 0.3) is 0 Å². The number of nitrogens with zero attached hydrogens (tertiary/aromatic N) is 5. The van der Waals surface area contributed by atoms with Gasteiger partial charge in [0.25, 0.3) is 5.91 Å². The Bertz CT molecular complexity index is 1100. The molecular formula is C25H28FN5O. The van der Waals surface area contributed by atoms with Crippen LogP contribution in [0.2, 0.25) is 0 Å². The van der Waals surface area contributed by atoms with Crippen molar-refractivity contribution in [1.82, 2.24) is 19.9 Å². The predicted octanol–water partition coefficient (Wildman–Crippen LogP) is 4.00. The summed E-state index contributed by atoms with van der Waals surface area (Å²) in [6.45, 7) is 3.20. The first-order valence-electron chi connectivity index (χ1n) is 10.9. The molecule has 7 heteroatoms. The van der Waals surface area contributed by atoms with Crippen LogP contribution in [0.1, 0.15) is 51.6 Å². The number of hydrogen-bond donors (Lipinski definition) is 0. The summed E-state index contributed by atoms with van der Waals surface area (Å²) in [6, 6.07) is 10.7. The van der Waals surface area contributed by atoms with Gasteiger partial charge >= 0.3 is 0 Å². The second-order valence-electron chi connectivity index (χ2n) is 8.55. The zero-order valence-corrected chi connectivity index (χ0v) is 18.8. The Hall–Kier alpha value is -3.35. The van der Waals surface area contributed by atoms with Gasteiger partial charge < -0.3 is 9.80 Å². The van der Waals surface area contributed by atoms with E-state index in [1.54, 1.807) is 18.3 Å². The van der Waals surface area contributed by atoms with Gasteiger partial charge in [0.1, 0.15) is 5.82 Å². The Labute approximate surface area is 188 Å². The van der Waals surface area contributed by atoms with Crippen molar-refractivity contribution in [2.24, 2.45) is 0 Å². The molecule has 3 heterocycles. The average Bonchev–Trinajstić information content (AvgIpc) is 2.79. The van der Waals surface area contributed by atoms with Gasteiger partial charge in [-0.15, -0.1) is 0 Å². The fraction of sp³-hybridized carbons (Fsp3) is 0.360. The van der Waals surface area contributed by atoms with E-state index in [-0.39, 0.29) is 17.6 Å². The van der Waals surface area contributed by atoms with Crippen molar-refractivity contribution in [3.8, 4) is 0 Å². The number of amides is 1. The lowest BCUT2D eigenvalue weighted by molar-refractivity contribution is 0.0704. The SMILES string of the molecule is Cc1nc(N(C)C)ncc1C(=O)N1CCC[C@@H](c2ccc(Cc3cccc(F)c3)cn2)C1. The smallest absolute Gasteiger partial charge is 0.257 e. The summed E-state index contributed by atoms with van der Waals surface area (Å²) in [6.07, 6.45) is 6.05. The molecule has 1 aliphatic heterocycles. The third-order valence-electron chi connectivity index (χ3n) is 5.87. The Morgan fingerprint density at radius 2 is 2.00 bits per heavy atom. The van der Waals surface area contributed by atoms with Crippen LogP contribution in [-0.4, -0.2) is 52.9 Å². The van der Waals surface area contributed by atoms with Gasteiger partial charge in [0.2, 0.25) is 5.95 Å². The van der Waals surface area contributed by atoms with Crippen molar-refractivity contribution in [2.45, 2.75) is 32.1 Å². The summed E-state index contributed by atoms with van der Waals surface area (Å²) in [5.74, 6) is 0.535. The number of halogens is 1. The monoisotopic (exact) mass is 433 g/mol. The standard InChI is InChI=1S/C25H28FN5O/c1-17-22(15-28-25(29-17)30(2)3)24(32)31-11-5-7-20(16-31)23-10-9-19(14-27-23)12-18-6-4-8-21(26)13-18/h4,6,8-10,13-15,20H,5,7,11-12,16H2,1-3H3/t20-/m1/s1. The maximum atomic E-state index is 13.4. The summed E-state index contributed by atoms with van der Waals surface area (Å²) in [5, 5.41) is 0. The third kappa shape index (κ3) is 4.93. The number of aryl methyl sites for hydroxylation is 1. The normalized spacial score (nSPS) is 16.1.